The minimum atomic E-state index is -0.874. The second-order valence-electron chi connectivity index (χ2n) is 7.30. The molecule has 0 atom stereocenters. The monoisotopic (exact) mass is 381 g/mol. The molecule has 1 aliphatic rings. The third-order valence-electron chi connectivity index (χ3n) is 4.83. The van der Waals surface area contributed by atoms with Crippen molar-refractivity contribution in [2.75, 3.05) is 5.32 Å². The van der Waals surface area contributed by atoms with Crippen LogP contribution in [0.5, 0.6) is 11.5 Å². The minimum Gasteiger partial charge on any atom is -0.449 e. The minimum absolute atomic E-state index is 0.247. The van der Waals surface area contributed by atoms with Crippen molar-refractivity contribution in [3.63, 3.8) is 0 Å². The van der Waals surface area contributed by atoms with Crippen LogP contribution in [0.4, 0.5) is 11.4 Å². The maximum absolute atomic E-state index is 9.75. The molecule has 0 saturated heterocycles. The van der Waals surface area contributed by atoms with Gasteiger partial charge in [0.25, 0.3) is 0 Å². The quantitative estimate of drug-likeness (QED) is 0.634. The van der Waals surface area contributed by atoms with Crippen LogP contribution in [0.2, 0.25) is 0 Å². The molecule has 0 aliphatic carbocycles. The molecule has 0 amide bonds. The fraction of sp³-hybridized carbons (Fsp3) is 0.167. The van der Waals surface area contributed by atoms with Gasteiger partial charge in [0.05, 0.1) is 11.1 Å². The predicted molar refractivity (Wildman–Crippen MR) is 111 cm³/mol. The van der Waals surface area contributed by atoms with Crippen molar-refractivity contribution in [3.05, 3.63) is 71.3 Å². The number of fused-ring (bicyclic) bond motifs is 1. The van der Waals surface area contributed by atoms with Crippen LogP contribution >= 0.6 is 0 Å². The van der Waals surface area contributed by atoms with Crippen molar-refractivity contribution in [1.29, 1.82) is 10.5 Å². The molecule has 0 spiro atoms. The topological polar surface area (TPSA) is 78.1 Å². The van der Waals surface area contributed by atoms with Gasteiger partial charge in [-0.1, -0.05) is 42.5 Å². The average Bonchev–Trinajstić information content (AvgIpc) is 3.06. The van der Waals surface area contributed by atoms with E-state index in [0.717, 1.165) is 16.8 Å². The molecule has 3 aromatic rings. The Morgan fingerprint density at radius 3 is 2.00 bits per heavy atom. The lowest BCUT2D eigenvalue weighted by molar-refractivity contribution is -0.0431. The third-order valence-corrected chi connectivity index (χ3v) is 4.83. The Kier molecular flexibility index (Phi) is 4.37. The molecule has 5 nitrogen and oxygen atoms in total. The third kappa shape index (κ3) is 3.24. The van der Waals surface area contributed by atoms with E-state index in [2.05, 4.69) is 29.6 Å². The summed E-state index contributed by atoms with van der Waals surface area (Å²) in [6.07, 6.45) is 0. The number of anilines is 2. The molecule has 0 radical (unpaired) electrons. The largest absolute Gasteiger partial charge is 0.449 e. The van der Waals surface area contributed by atoms with E-state index < -0.39 is 5.79 Å². The van der Waals surface area contributed by atoms with Crippen LogP contribution in [0.15, 0.2) is 54.6 Å². The van der Waals surface area contributed by atoms with Crippen molar-refractivity contribution in [1.82, 2.24) is 0 Å². The molecular formula is C24H19N3O2. The van der Waals surface area contributed by atoms with Gasteiger partial charge in [0, 0.05) is 25.1 Å². The number of ether oxygens (including phenoxy) is 2. The van der Waals surface area contributed by atoms with E-state index in [-0.39, 0.29) is 11.1 Å². The molecule has 1 aliphatic heterocycles. The van der Waals surface area contributed by atoms with E-state index in [1.807, 2.05) is 42.5 Å². The highest BCUT2D eigenvalue weighted by Gasteiger charge is 2.38. The van der Waals surface area contributed by atoms with Crippen molar-refractivity contribution in [2.45, 2.75) is 26.6 Å². The number of benzene rings is 3. The molecule has 0 saturated carbocycles. The lowest BCUT2D eigenvalue weighted by Gasteiger charge is -2.17. The van der Waals surface area contributed by atoms with Gasteiger partial charge in [-0.05, 0) is 30.2 Å². The fourth-order valence-electron chi connectivity index (χ4n) is 3.45. The van der Waals surface area contributed by atoms with Crippen LogP contribution < -0.4 is 14.8 Å². The van der Waals surface area contributed by atoms with Gasteiger partial charge < -0.3 is 14.8 Å². The Hall–Kier alpha value is -3.96. The average molecular weight is 381 g/mol. The number of hydrogen-bond donors (Lipinski definition) is 1. The van der Waals surface area contributed by atoms with Gasteiger partial charge >= 0.3 is 0 Å². The van der Waals surface area contributed by atoms with E-state index in [0.29, 0.717) is 22.7 Å². The molecule has 0 fully saturated rings. The van der Waals surface area contributed by atoms with Gasteiger partial charge in [0.1, 0.15) is 17.8 Å². The molecule has 0 bridgehead atoms. The summed E-state index contributed by atoms with van der Waals surface area (Å²) in [6.45, 7) is 5.35. The first kappa shape index (κ1) is 18.4. The SMILES string of the molecule is Cc1c(C#N)c(C#N)c(Nc2ccc(-c3ccccc3)cc2)c2c1OC(C)(C)O2. The van der Waals surface area contributed by atoms with Crippen molar-refractivity contribution in [3.8, 4) is 34.8 Å². The van der Waals surface area contributed by atoms with Crippen LogP contribution in [0.25, 0.3) is 11.1 Å². The van der Waals surface area contributed by atoms with Crippen molar-refractivity contribution in [2.24, 2.45) is 0 Å². The number of nitrogens with one attached hydrogen (secondary N) is 1. The highest BCUT2D eigenvalue weighted by molar-refractivity contribution is 5.82. The zero-order valence-corrected chi connectivity index (χ0v) is 16.4. The van der Waals surface area contributed by atoms with Gasteiger partial charge in [0.15, 0.2) is 11.5 Å². The summed E-state index contributed by atoms with van der Waals surface area (Å²) in [6, 6.07) is 22.2. The van der Waals surface area contributed by atoms with Crippen LogP contribution in [0.1, 0.15) is 30.5 Å². The van der Waals surface area contributed by atoms with Gasteiger partial charge in [0.2, 0.25) is 5.79 Å². The Morgan fingerprint density at radius 2 is 1.38 bits per heavy atom. The Bertz CT molecular complexity index is 1170. The summed E-state index contributed by atoms with van der Waals surface area (Å²) in [7, 11) is 0. The molecule has 4 rings (SSSR count). The fourth-order valence-corrected chi connectivity index (χ4v) is 3.45. The molecule has 142 valence electrons. The van der Waals surface area contributed by atoms with Crippen LogP contribution in [-0.4, -0.2) is 5.79 Å². The van der Waals surface area contributed by atoms with Crippen LogP contribution in [0.3, 0.4) is 0 Å². The Labute approximate surface area is 169 Å². The molecule has 0 unspecified atom stereocenters. The molecule has 5 heteroatoms. The number of nitriles is 2. The first-order valence-electron chi connectivity index (χ1n) is 9.25. The van der Waals surface area contributed by atoms with Gasteiger partial charge in [-0.15, -0.1) is 0 Å². The van der Waals surface area contributed by atoms with E-state index in [1.54, 1.807) is 20.8 Å². The first-order chi connectivity index (χ1) is 13.9. The number of rotatable bonds is 3. The van der Waals surface area contributed by atoms with E-state index in [1.165, 1.54) is 0 Å². The summed E-state index contributed by atoms with van der Waals surface area (Å²) < 4.78 is 11.9. The summed E-state index contributed by atoms with van der Waals surface area (Å²) in [5.74, 6) is 0.0748. The van der Waals surface area contributed by atoms with Gasteiger partial charge in [-0.3, -0.25) is 0 Å². The predicted octanol–water partition coefficient (Wildman–Crippen LogP) is 5.66. The van der Waals surface area contributed by atoms with Crippen molar-refractivity contribution < 1.29 is 9.47 Å². The zero-order chi connectivity index (χ0) is 20.6. The molecule has 3 aromatic carbocycles. The summed E-state index contributed by atoms with van der Waals surface area (Å²) in [4.78, 5) is 0. The molecule has 1 N–H and O–H groups in total. The maximum Gasteiger partial charge on any atom is 0.246 e. The Morgan fingerprint density at radius 1 is 0.793 bits per heavy atom. The number of hydrogen-bond acceptors (Lipinski definition) is 5. The molecular weight excluding hydrogens is 362 g/mol. The van der Waals surface area contributed by atoms with Crippen LogP contribution in [0, 0.1) is 29.6 Å². The second-order valence-corrected chi connectivity index (χ2v) is 7.30. The maximum atomic E-state index is 9.75. The first-order valence-corrected chi connectivity index (χ1v) is 9.25. The lowest BCUT2D eigenvalue weighted by Crippen LogP contribution is -2.30. The van der Waals surface area contributed by atoms with E-state index in [9.17, 15) is 10.5 Å². The summed E-state index contributed by atoms with van der Waals surface area (Å²) in [5.41, 5.74) is 4.58. The van der Waals surface area contributed by atoms with Crippen molar-refractivity contribution >= 4 is 11.4 Å². The zero-order valence-electron chi connectivity index (χ0n) is 16.4. The number of nitrogens with zero attached hydrogens (tertiary/aromatic N) is 2. The van der Waals surface area contributed by atoms with E-state index in [4.69, 9.17) is 9.47 Å². The van der Waals surface area contributed by atoms with Crippen LogP contribution in [-0.2, 0) is 0 Å². The van der Waals surface area contributed by atoms with E-state index >= 15 is 0 Å². The molecule has 1 heterocycles. The highest BCUT2D eigenvalue weighted by Crippen LogP contribution is 2.50. The normalized spacial score (nSPS) is 13.4. The Balaban J connectivity index is 1.77. The van der Waals surface area contributed by atoms with Gasteiger partial charge in [-0.25, -0.2) is 0 Å². The highest BCUT2D eigenvalue weighted by atomic mass is 16.7. The lowest BCUT2D eigenvalue weighted by atomic mass is 9.99. The smallest absolute Gasteiger partial charge is 0.246 e. The second kappa shape index (κ2) is 6.89. The van der Waals surface area contributed by atoms with Gasteiger partial charge in [-0.2, -0.15) is 10.5 Å². The summed E-state index contributed by atoms with van der Waals surface area (Å²) in [5, 5.41) is 22.6. The standard InChI is InChI=1S/C24H19N3O2/c1-15-19(13-25)20(14-26)21(23-22(15)28-24(2,3)29-23)27-18-11-9-17(10-12-18)16-7-5-4-6-8-16/h4-12,27H,1-3H3. The molecule has 29 heavy (non-hydrogen) atoms. The summed E-state index contributed by atoms with van der Waals surface area (Å²) >= 11 is 0. The molecule has 0 aromatic heterocycles.